The van der Waals surface area contributed by atoms with Crippen molar-refractivity contribution in [1.82, 2.24) is 9.88 Å². The van der Waals surface area contributed by atoms with Gasteiger partial charge in [0.05, 0.1) is 15.1 Å². The fraction of sp³-hybridized carbons (Fsp3) is 0.400. The van der Waals surface area contributed by atoms with Crippen molar-refractivity contribution in [2.75, 3.05) is 18.4 Å². The number of amides is 2. The molecule has 9 heteroatoms. The van der Waals surface area contributed by atoms with E-state index in [1.165, 1.54) is 30.4 Å². The molecule has 0 spiro atoms. The molecule has 1 saturated heterocycles. The van der Waals surface area contributed by atoms with E-state index in [0.717, 1.165) is 0 Å². The van der Waals surface area contributed by atoms with Crippen LogP contribution < -0.4 is 5.32 Å². The highest BCUT2D eigenvalue weighted by Crippen LogP contribution is 2.30. The van der Waals surface area contributed by atoms with Gasteiger partial charge in [0.15, 0.2) is 5.13 Å². The molecule has 2 amide bonds. The average Bonchev–Trinajstić information content (AvgIpc) is 2.96. The second-order valence-corrected chi connectivity index (χ2v) is 6.73. The van der Waals surface area contributed by atoms with Gasteiger partial charge in [0.2, 0.25) is 11.8 Å². The Bertz CT molecular complexity index is 811. The lowest BCUT2D eigenvalue weighted by molar-refractivity contribution is -0.384. The van der Waals surface area contributed by atoms with E-state index in [0.29, 0.717) is 41.3 Å². The topological polar surface area (TPSA) is 105 Å². The van der Waals surface area contributed by atoms with Crippen molar-refractivity contribution in [2.45, 2.75) is 19.8 Å². The molecule has 126 valence electrons. The summed E-state index contributed by atoms with van der Waals surface area (Å²) in [4.78, 5) is 40.0. The number of non-ortho nitro benzene ring substituents is 1. The summed E-state index contributed by atoms with van der Waals surface area (Å²) in [6, 6.07) is 4.42. The van der Waals surface area contributed by atoms with Gasteiger partial charge in [0.1, 0.15) is 0 Å². The minimum atomic E-state index is -0.458. The molecule has 3 rings (SSSR count). The molecule has 1 aromatic carbocycles. The smallest absolute Gasteiger partial charge is 0.270 e. The number of nitrogens with one attached hydrogen (secondary N) is 1. The van der Waals surface area contributed by atoms with Gasteiger partial charge in [-0.25, -0.2) is 4.98 Å². The first kappa shape index (κ1) is 16.3. The van der Waals surface area contributed by atoms with Crippen LogP contribution in [0.4, 0.5) is 10.8 Å². The molecule has 0 saturated carbocycles. The summed E-state index contributed by atoms with van der Waals surface area (Å²) in [5, 5.41) is 14.0. The molecule has 1 N–H and O–H groups in total. The van der Waals surface area contributed by atoms with E-state index in [1.54, 1.807) is 11.0 Å². The SMILES string of the molecule is CC(=O)N1CCC(C(=O)Nc2nc3ccc([N+](=O)[O-])cc3s2)CC1. The number of nitro benzene ring substituents is 1. The van der Waals surface area contributed by atoms with Crippen LogP contribution in [0.25, 0.3) is 10.2 Å². The van der Waals surface area contributed by atoms with Gasteiger partial charge in [-0.05, 0) is 18.9 Å². The summed E-state index contributed by atoms with van der Waals surface area (Å²) in [6.45, 7) is 2.69. The highest BCUT2D eigenvalue weighted by atomic mass is 32.1. The van der Waals surface area contributed by atoms with Crippen LogP contribution in [0.5, 0.6) is 0 Å². The molecule has 24 heavy (non-hydrogen) atoms. The number of hydrogen-bond acceptors (Lipinski definition) is 6. The molecule has 8 nitrogen and oxygen atoms in total. The van der Waals surface area contributed by atoms with Crippen molar-refractivity contribution in [3.05, 3.63) is 28.3 Å². The molecule has 0 unspecified atom stereocenters. The molecule has 1 aromatic heterocycles. The lowest BCUT2D eigenvalue weighted by atomic mass is 9.96. The molecule has 2 heterocycles. The maximum absolute atomic E-state index is 12.3. The predicted octanol–water partition coefficient (Wildman–Crippen LogP) is 2.40. The molecule has 0 atom stereocenters. The van der Waals surface area contributed by atoms with Gasteiger partial charge in [0.25, 0.3) is 5.69 Å². The first-order valence-corrected chi connectivity index (χ1v) is 8.37. The highest BCUT2D eigenvalue weighted by molar-refractivity contribution is 7.22. The second kappa shape index (κ2) is 6.52. The number of benzene rings is 1. The normalized spacial score (nSPS) is 15.5. The Hall–Kier alpha value is -2.55. The molecule has 1 aliphatic rings. The lowest BCUT2D eigenvalue weighted by Crippen LogP contribution is -2.40. The number of anilines is 1. The highest BCUT2D eigenvalue weighted by Gasteiger charge is 2.26. The molecule has 0 aliphatic carbocycles. The third kappa shape index (κ3) is 3.35. The maximum Gasteiger partial charge on any atom is 0.270 e. The lowest BCUT2D eigenvalue weighted by Gasteiger charge is -2.30. The number of carbonyl (C=O) groups is 2. The van der Waals surface area contributed by atoms with Crippen LogP contribution >= 0.6 is 11.3 Å². The van der Waals surface area contributed by atoms with E-state index in [-0.39, 0.29) is 23.4 Å². The van der Waals surface area contributed by atoms with Crippen molar-refractivity contribution >= 4 is 44.2 Å². The summed E-state index contributed by atoms with van der Waals surface area (Å²) < 4.78 is 0.658. The summed E-state index contributed by atoms with van der Waals surface area (Å²) in [5.41, 5.74) is 0.618. The van der Waals surface area contributed by atoms with Crippen LogP contribution in [-0.4, -0.2) is 39.7 Å². The zero-order valence-electron chi connectivity index (χ0n) is 13.0. The van der Waals surface area contributed by atoms with Crippen LogP contribution in [0.3, 0.4) is 0 Å². The fourth-order valence-electron chi connectivity index (χ4n) is 2.74. The summed E-state index contributed by atoms with van der Waals surface area (Å²) >= 11 is 1.21. The van der Waals surface area contributed by atoms with Crippen molar-refractivity contribution < 1.29 is 14.5 Å². The summed E-state index contributed by atoms with van der Waals surface area (Å²) in [6.07, 6.45) is 1.25. The van der Waals surface area contributed by atoms with Crippen molar-refractivity contribution in [1.29, 1.82) is 0 Å². The number of rotatable bonds is 3. The average molecular weight is 348 g/mol. The third-order valence-electron chi connectivity index (χ3n) is 4.12. The second-order valence-electron chi connectivity index (χ2n) is 5.70. The van der Waals surface area contributed by atoms with Crippen LogP contribution in [0.15, 0.2) is 18.2 Å². The zero-order valence-corrected chi connectivity index (χ0v) is 13.8. The minimum Gasteiger partial charge on any atom is -0.343 e. The van der Waals surface area contributed by atoms with Crippen molar-refractivity contribution in [3.63, 3.8) is 0 Å². The number of thiazole rings is 1. The number of piperidine rings is 1. The van der Waals surface area contributed by atoms with Gasteiger partial charge >= 0.3 is 0 Å². The van der Waals surface area contributed by atoms with E-state index in [9.17, 15) is 19.7 Å². The van der Waals surface area contributed by atoms with Crippen molar-refractivity contribution in [3.8, 4) is 0 Å². The van der Waals surface area contributed by atoms with Gasteiger partial charge in [-0.1, -0.05) is 11.3 Å². The van der Waals surface area contributed by atoms with Crippen LogP contribution in [0.1, 0.15) is 19.8 Å². The van der Waals surface area contributed by atoms with Gasteiger partial charge in [-0.3, -0.25) is 19.7 Å². The molecule has 1 fully saturated rings. The molecule has 0 radical (unpaired) electrons. The minimum absolute atomic E-state index is 0.000584. The molecular formula is C15H16N4O4S. The Morgan fingerprint density at radius 1 is 1.38 bits per heavy atom. The zero-order chi connectivity index (χ0) is 17.3. The number of carbonyl (C=O) groups excluding carboxylic acids is 2. The Morgan fingerprint density at radius 2 is 2.08 bits per heavy atom. The van der Waals surface area contributed by atoms with E-state index in [2.05, 4.69) is 10.3 Å². The van der Waals surface area contributed by atoms with Crippen LogP contribution in [0, 0.1) is 16.0 Å². The monoisotopic (exact) mass is 348 g/mol. The maximum atomic E-state index is 12.3. The van der Waals surface area contributed by atoms with Crippen LogP contribution in [0.2, 0.25) is 0 Å². The molecule has 1 aliphatic heterocycles. The van der Waals surface area contributed by atoms with E-state index < -0.39 is 4.92 Å². The summed E-state index contributed by atoms with van der Waals surface area (Å²) in [5.74, 6) is -0.240. The van der Waals surface area contributed by atoms with Crippen LogP contribution in [-0.2, 0) is 9.59 Å². The standard InChI is InChI=1S/C15H16N4O4S/c1-9(20)18-6-4-10(5-7-18)14(21)17-15-16-12-3-2-11(19(22)23)8-13(12)24-15/h2-3,8,10H,4-7H2,1H3,(H,16,17,21). The number of aromatic nitrogens is 1. The molecule has 0 bridgehead atoms. The number of hydrogen-bond donors (Lipinski definition) is 1. The summed E-state index contributed by atoms with van der Waals surface area (Å²) in [7, 11) is 0. The first-order valence-electron chi connectivity index (χ1n) is 7.55. The fourth-order valence-corrected chi connectivity index (χ4v) is 3.65. The largest absolute Gasteiger partial charge is 0.343 e. The van der Waals surface area contributed by atoms with Gasteiger partial charge in [0, 0.05) is 38.1 Å². The quantitative estimate of drug-likeness (QED) is 0.677. The first-order chi connectivity index (χ1) is 11.4. The molecule has 2 aromatic rings. The Labute approximate surface area is 141 Å². The van der Waals surface area contributed by atoms with E-state index >= 15 is 0 Å². The Kier molecular flexibility index (Phi) is 4.43. The number of likely N-dealkylation sites (tertiary alicyclic amines) is 1. The molecular weight excluding hydrogens is 332 g/mol. The number of nitro groups is 1. The van der Waals surface area contributed by atoms with Gasteiger partial charge in [-0.2, -0.15) is 0 Å². The van der Waals surface area contributed by atoms with E-state index in [4.69, 9.17) is 0 Å². The Balaban J connectivity index is 1.67. The number of nitrogens with zero attached hydrogens (tertiary/aromatic N) is 3. The Morgan fingerprint density at radius 3 is 2.71 bits per heavy atom. The number of fused-ring (bicyclic) bond motifs is 1. The third-order valence-corrected chi connectivity index (χ3v) is 5.06. The predicted molar refractivity (Wildman–Crippen MR) is 89.9 cm³/mol. The van der Waals surface area contributed by atoms with Gasteiger partial charge in [-0.15, -0.1) is 0 Å². The van der Waals surface area contributed by atoms with Gasteiger partial charge < -0.3 is 10.2 Å². The van der Waals surface area contributed by atoms with Crippen molar-refractivity contribution in [2.24, 2.45) is 5.92 Å². The van der Waals surface area contributed by atoms with E-state index in [1.807, 2.05) is 0 Å².